The van der Waals surface area contributed by atoms with Gasteiger partial charge in [0.2, 0.25) is 5.91 Å². The molecule has 5 rings (SSSR count). The Kier molecular flexibility index (Phi) is 7.07. The molecule has 2 N–H and O–H groups in total. The highest BCUT2D eigenvalue weighted by atomic mass is 35.5. The summed E-state index contributed by atoms with van der Waals surface area (Å²) in [5, 5.41) is 7.37. The minimum absolute atomic E-state index is 0.150. The molecular formula is C24H13Cl6N3O2S. The molecule has 184 valence electrons. The smallest absolute Gasteiger partial charge is 0.259 e. The van der Waals surface area contributed by atoms with Crippen LogP contribution in [0.3, 0.4) is 0 Å². The zero-order chi connectivity index (χ0) is 25.8. The summed E-state index contributed by atoms with van der Waals surface area (Å²) in [6.45, 7) is 0. The second kappa shape index (κ2) is 9.84. The first-order valence-corrected chi connectivity index (χ1v) is 13.4. The van der Waals surface area contributed by atoms with Crippen LogP contribution in [0.4, 0.5) is 10.8 Å². The quantitative estimate of drug-likeness (QED) is 0.220. The Bertz CT molecular complexity index is 1520. The number of aromatic nitrogens is 1. The average molecular weight is 620 g/mol. The molecule has 1 fully saturated rings. The van der Waals surface area contributed by atoms with E-state index in [1.807, 2.05) is 6.07 Å². The number of rotatable bonds is 5. The molecular weight excluding hydrogens is 607 g/mol. The van der Waals surface area contributed by atoms with Crippen LogP contribution in [0.2, 0.25) is 20.1 Å². The van der Waals surface area contributed by atoms with Crippen molar-refractivity contribution >= 4 is 114 Å². The topological polar surface area (TPSA) is 71.1 Å². The predicted molar refractivity (Wildman–Crippen MR) is 150 cm³/mol. The second-order valence-electron chi connectivity index (χ2n) is 8.08. The van der Waals surface area contributed by atoms with E-state index in [0.717, 1.165) is 4.70 Å². The molecule has 2 amide bonds. The number of para-hydroxylation sites is 1. The van der Waals surface area contributed by atoms with Gasteiger partial charge in [-0.2, -0.15) is 0 Å². The largest absolute Gasteiger partial charge is 0.326 e. The number of halogens is 6. The number of nitrogens with one attached hydrogen (secondary N) is 2. The number of anilines is 2. The Morgan fingerprint density at radius 3 is 2.31 bits per heavy atom. The molecule has 0 spiro atoms. The fourth-order valence-electron chi connectivity index (χ4n) is 3.95. The molecule has 12 heteroatoms. The molecule has 2 atom stereocenters. The van der Waals surface area contributed by atoms with Crippen molar-refractivity contribution in [1.29, 1.82) is 0 Å². The van der Waals surface area contributed by atoms with Crippen molar-refractivity contribution in [3.63, 3.8) is 0 Å². The lowest BCUT2D eigenvalue weighted by molar-refractivity contribution is -0.117. The number of benzene rings is 3. The maximum Gasteiger partial charge on any atom is 0.259 e. The highest BCUT2D eigenvalue weighted by Crippen LogP contribution is 2.65. The van der Waals surface area contributed by atoms with E-state index in [2.05, 4.69) is 15.6 Å². The van der Waals surface area contributed by atoms with Crippen LogP contribution in [0.25, 0.3) is 10.2 Å². The van der Waals surface area contributed by atoms with Gasteiger partial charge >= 0.3 is 0 Å². The predicted octanol–water partition coefficient (Wildman–Crippen LogP) is 8.69. The van der Waals surface area contributed by atoms with Gasteiger partial charge in [-0.05, 0) is 54.1 Å². The maximum atomic E-state index is 13.0. The van der Waals surface area contributed by atoms with E-state index >= 15 is 0 Å². The minimum atomic E-state index is -1.33. The molecule has 1 aromatic heterocycles. The fraction of sp³-hybridized carbons (Fsp3) is 0.125. The zero-order valence-corrected chi connectivity index (χ0v) is 23.1. The number of carbonyl (C=O) groups is 2. The highest BCUT2D eigenvalue weighted by molar-refractivity contribution is 7.22. The Hall–Kier alpha value is -1.77. The lowest BCUT2D eigenvalue weighted by Crippen LogP contribution is -2.18. The molecule has 2 unspecified atom stereocenters. The van der Waals surface area contributed by atoms with E-state index in [4.69, 9.17) is 69.6 Å². The normalized spacial score (nSPS) is 18.2. The van der Waals surface area contributed by atoms with E-state index in [0.29, 0.717) is 37.0 Å². The van der Waals surface area contributed by atoms with Gasteiger partial charge in [-0.25, -0.2) is 4.98 Å². The molecule has 1 aliphatic rings. The highest BCUT2D eigenvalue weighted by Gasteiger charge is 2.67. The third-order valence-corrected chi connectivity index (χ3v) is 8.60. The Labute approximate surface area is 239 Å². The molecule has 5 nitrogen and oxygen atoms in total. The van der Waals surface area contributed by atoms with Gasteiger partial charge in [0, 0.05) is 21.7 Å². The average Bonchev–Trinajstić information content (AvgIpc) is 3.15. The Morgan fingerprint density at radius 1 is 0.889 bits per heavy atom. The number of thiazole rings is 1. The van der Waals surface area contributed by atoms with Gasteiger partial charge in [0.1, 0.15) is 9.85 Å². The Balaban J connectivity index is 1.33. The molecule has 1 saturated carbocycles. The van der Waals surface area contributed by atoms with Crippen molar-refractivity contribution in [2.24, 2.45) is 5.92 Å². The van der Waals surface area contributed by atoms with Crippen molar-refractivity contribution in [3.05, 3.63) is 85.8 Å². The number of nitrogens with zero attached hydrogens (tertiary/aromatic N) is 1. The SMILES string of the molecule is O=C(Nc1nc2c(Cl)cccc2s1)c1cc(NC(=O)C2C(c3cc(Cl)cc(Cl)c3)C2(Cl)Cl)ccc1Cl. The lowest BCUT2D eigenvalue weighted by Gasteiger charge is -2.09. The van der Waals surface area contributed by atoms with Crippen molar-refractivity contribution in [1.82, 2.24) is 4.98 Å². The molecule has 1 heterocycles. The summed E-state index contributed by atoms with van der Waals surface area (Å²) >= 11 is 38.8. The van der Waals surface area contributed by atoms with Gasteiger partial charge in [-0.15, -0.1) is 23.2 Å². The van der Waals surface area contributed by atoms with E-state index in [-0.39, 0.29) is 10.6 Å². The van der Waals surface area contributed by atoms with Crippen LogP contribution in [-0.2, 0) is 4.79 Å². The van der Waals surface area contributed by atoms with E-state index in [9.17, 15) is 9.59 Å². The van der Waals surface area contributed by atoms with Gasteiger partial charge in [-0.1, -0.05) is 63.8 Å². The first-order valence-electron chi connectivity index (χ1n) is 10.3. The van der Waals surface area contributed by atoms with Crippen molar-refractivity contribution in [3.8, 4) is 0 Å². The first kappa shape index (κ1) is 25.9. The molecule has 0 bridgehead atoms. The monoisotopic (exact) mass is 617 g/mol. The van der Waals surface area contributed by atoms with Crippen LogP contribution in [0.15, 0.2) is 54.6 Å². The van der Waals surface area contributed by atoms with Crippen LogP contribution in [-0.4, -0.2) is 21.1 Å². The number of hydrogen-bond acceptors (Lipinski definition) is 4. The molecule has 0 radical (unpaired) electrons. The van der Waals surface area contributed by atoms with E-state index in [1.165, 1.54) is 23.5 Å². The second-order valence-corrected chi connectivity index (χ2v) is 12.2. The molecule has 36 heavy (non-hydrogen) atoms. The summed E-state index contributed by atoms with van der Waals surface area (Å²) in [5.74, 6) is -2.17. The molecule has 0 saturated heterocycles. The van der Waals surface area contributed by atoms with Crippen LogP contribution >= 0.6 is 80.9 Å². The van der Waals surface area contributed by atoms with Gasteiger partial charge in [-0.3, -0.25) is 14.9 Å². The molecule has 3 aromatic carbocycles. The van der Waals surface area contributed by atoms with Crippen LogP contribution in [0.5, 0.6) is 0 Å². The third-order valence-electron chi connectivity index (χ3n) is 5.65. The van der Waals surface area contributed by atoms with Gasteiger partial charge in [0.05, 0.1) is 26.2 Å². The van der Waals surface area contributed by atoms with Crippen LogP contribution in [0.1, 0.15) is 21.8 Å². The third kappa shape index (κ3) is 5.01. The fourth-order valence-corrected chi connectivity index (χ4v) is 6.69. The summed E-state index contributed by atoms with van der Waals surface area (Å²) in [7, 11) is 0. The first-order chi connectivity index (χ1) is 17.0. The summed E-state index contributed by atoms with van der Waals surface area (Å²) in [6.07, 6.45) is 0. The molecule has 4 aromatic rings. The van der Waals surface area contributed by atoms with Gasteiger partial charge < -0.3 is 5.32 Å². The summed E-state index contributed by atoms with van der Waals surface area (Å²) in [5.41, 5.74) is 1.75. The Morgan fingerprint density at radius 2 is 1.61 bits per heavy atom. The number of carbonyl (C=O) groups excluding carboxylic acids is 2. The number of alkyl halides is 2. The standard InChI is InChI=1S/C24H13Cl6N3O2S/c25-11-6-10(7-12(26)8-11)18-19(24(18,29)30)22(35)31-13-4-5-15(27)14(9-13)21(34)33-23-32-20-16(28)2-1-3-17(20)36-23/h1-9,18-19H,(H,31,35)(H,32,33,34). The zero-order valence-electron chi connectivity index (χ0n) is 17.8. The number of fused-ring (bicyclic) bond motifs is 1. The number of hydrogen-bond donors (Lipinski definition) is 2. The van der Waals surface area contributed by atoms with Crippen molar-refractivity contribution < 1.29 is 9.59 Å². The summed E-state index contributed by atoms with van der Waals surface area (Å²) in [6, 6.07) is 14.9. The van der Waals surface area contributed by atoms with Crippen molar-refractivity contribution in [2.45, 2.75) is 10.3 Å². The van der Waals surface area contributed by atoms with E-state index in [1.54, 1.807) is 36.4 Å². The van der Waals surface area contributed by atoms with Gasteiger partial charge in [0.25, 0.3) is 5.91 Å². The minimum Gasteiger partial charge on any atom is -0.326 e. The van der Waals surface area contributed by atoms with Crippen LogP contribution < -0.4 is 10.6 Å². The maximum absolute atomic E-state index is 13.0. The summed E-state index contributed by atoms with van der Waals surface area (Å²) < 4.78 is -0.505. The molecule has 1 aliphatic carbocycles. The van der Waals surface area contributed by atoms with Crippen molar-refractivity contribution in [2.75, 3.05) is 10.6 Å². The summed E-state index contributed by atoms with van der Waals surface area (Å²) in [4.78, 5) is 30.3. The number of amides is 2. The van der Waals surface area contributed by atoms with Crippen LogP contribution in [0, 0.1) is 5.92 Å². The van der Waals surface area contributed by atoms with Gasteiger partial charge in [0.15, 0.2) is 5.13 Å². The lowest BCUT2D eigenvalue weighted by atomic mass is 10.1. The molecule has 0 aliphatic heterocycles. The van der Waals surface area contributed by atoms with E-state index < -0.39 is 28.0 Å².